The zero-order valence-corrected chi connectivity index (χ0v) is 16.6. The normalized spacial score (nSPS) is 10.6. The van der Waals surface area contributed by atoms with Crippen molar-refractivity contribution < 1.29 is 18.7 Å². The van der Waals surface area contributed by atoms with E-state index >= 15 is 0 Å². The van der Waals surface area contributed by atoms with Crippen LogP contribution in [0.1, 0.15) is 30.1 Å². The number of benzene rings is 2. The number of hydrogen-bond acceptors (Lipinski definition) is 5. The van der Waals surface area contributed by atoms with Crippen LogP contribution in [-0.2, 0) is 4.74 Å². The molecule has 3 rings (SSSR count). The van der Waals surface area contributed by atoms with Gasteiger partial charge in [0.2, 0.25) is 5.89 Å². The monoisotopic (exact) mass is 393 g/mol. The molecule has 150 valence electrons. The van der Waals surface area contributed by atoms with Crippen molar-refractivity contribution in [1.29, 1.82) is 0 Å². The maximum Gasteiger partial charge on any atom is 0.411 e. The number of aromatic nitrogens is 1. The molecular formula is C22H23N3O4. The minimum absolute atomic E-state index is 0.207. The van der Waals surface area contributed by atoms with Crippen LogP contribution in [0.5, 0.6) is 0 Å². The van der Waals surface area contributed by atoms with Crippen LogP contribution in [0.15, 0.2) is 59.0 Å². The van der Waals surface area contributed by atoms with E-state index in [9.17, 15) is 9.59 Å². The van der Waals surface area contributed by atoms with Crippen LogP contribution in [0, 0.1) is 12.8 Å². The molecule has 2 aromatic carbocycles. The van der Waals surface area contributed by atoms with Gasteiger partial charge >= 0.3 is 6.09 Å². The lowest BCUT2D eigenvalue weighted by atomic mass is 10.2. The Morgan fingerprint density at radius 1 is 1.03 bits per heavy atom. The molecule has 2 N–H and O–H groups in total. The van der Waals surface area contributed by atoms with Gasteiger partial charge in [-0.3, -0.25) is 10.1 Å². The van der Waals surface area contributed by atoms with Crippen LogP contribution in [0.4, 0.5) is 16.2 Å². The molecule has 3 aromatic rings. The summed E-state index contributed by atoms with van der Waals surface area (Å²) in [6.07, 6.45) is -0.540. The highest BCUT2D eigenvalue weighted by atomic mass is 16.5. The van der Waals surface area contributed by atoms with Crippen molar-refractivity contribution in [3.8, 4) is 11.5 Å². The molecule has 0 spiro atoms. The number of hydrogen-bond donors (Lipinski definition) is 2. The first kappa shape index (κ1) is 20.1. The summed E-state index contributed by atoms with van der Waals surface area (Å²) in [5, 5.41) is 5.42. The summed E-state index contributed by atoms with van der Waals surface area (Å²) in [6, 6.07) is 16.2. The summed E-state index contributed by atoms with van der Waals surface area (Å²) in [6.45, 7) is 5.94. The largest absolute Gasteiger partial charge is 0.449 e. The predicted molar refractivity (Wildman–Crippen MR) is 111 cm³/mol. The van der Waals surface area contributed by atoms with E-state index in [1.807, 2.05) is 44.2 Å². The molecule has 0 bridgehead atoms. The molecule has 7 heteroatoms. The second-order valence-electron chi connectivity index (χ2n) is 6.94. The molecular weight excluding hydrogens is 370 g/mol. The number of amides is 2. The molecule has 0 fully saturated rings. The molecule has 1 heterocycles. The lowest BCUT2D eigenvalue weighted by Gasteiger charge is -2.10. The van der Waals surface area contributed by atoms with E-state index in [-0.39, 0.29) is 11.6 Å². The van der Waals surface area contributed by atoms with Crippen LogP contribution < -0.4 is 10.6 Å². The Bertz CT molecular complexity index is 996. The highest BCUT2D eigenvalue weighted by molar-refractivity contribution is 6.04. The number of anilines is 2. The van der Waals surface area contributed by atoms with Gasteiger partial charge in [0.05, 0.1) is 6.61 Å². The van der Waals surface area contributed by atoms with E-state index in [0.717, 1.165) is 5.56 Å². The van der Waals surface area contributed by atoms with Crippen molar-refractivity contribution in [3.63, 3.8) is 0 Å². The summed E-state index contributed by atoms with van der Waals surface area (Å²) in [7, 11) is 0. The molecule has 1 aromatic heterocycles. The van der Waals surface area contributed by atoms with Crippen molar-refractivity contribution in [2.45, 2.75) is 20.8 Å². The number of ether oxygens (including phenoxy) is 1. The third-order valence-electron chi connectivity index (χ3n) is 3.95. The number of carbonyl (C=O) groups excluding carboxylic acids is 2. The average molecular weight is 393 g/mol. The first-order valence-electron chi connectivity index (χ1n) is 9.30. The molecule has 0 radical (unpaired) electrons. The van der Waals surface area contributed by atoms with Crippen LogP contribution >= 0.6 is 0 Å². The van der Waals surface area contributed by atoms with Crippen molar-refractivity contribution >= 4 is 23.4 Å². The van der Waals surface area contributed by atoms with Gasteiger partial charge in [-0.15, -0.1) is 0 Å². The van der Waals surface area contributed by atoms with Gasteiger partial charge in [-0.05, 0) is 43.2 Å². The summed E-state index contributed by atoms with van der Waals surface area (Å²) in [5.74, 6) is 0.662. The number of nitrogens with one attached hydrogen (secondary N) is 2. The van der Waals surface area contributed by atoms with Gasteiger partial charge in [0.25, 0.3) is 5.91 Å². The summed E-state index contributed by atoms with van der Waals surface area (Å²) in [4.78, 5) is 28.8. The molecule has 2 amide bonds. The Labute approximate surface area is 169 Å². The first-order chi connectivity index (χ1) is 13.9. The molecule has 29 heavy (non-hydrogen) atoms. The predicted octanol–water partition coefficient (Wildman–Crippen LogP) is 5.11. The number of aryl methyl sites for hydroxylation is 1. The highest BCUT2D eigenvalue weighted by Crippen LogP contribution is 2.23. The van der Waals surface area contributed by atoms with E-state index in [2.05, 4.69) is 15.6 Å². The van der Waals surface area contributed by atoms with Crippen LogP contribution in [0.25, 0.3) is 11.5 Å². The lowest BCUT2D eigenvalue weighted by Crippen LogP contribution is -2.17. The Hall–Kier alpha value is -3.61. The van der Waals surface area contributed by atoms with Gasteiger partial charge in [-0.2, -0.15) is 0 Å². The average Bonchev–Trinajstić information content (AvgIpc) is 3.09. The van der Waals surface area contributed by atoms with Gasteiger partial charge < -0.3 is 14.5 Å². The minimum atomic E-state index is -0.540. The van der Waals surface area contributed by atoms with Crippen LogP contribution in [0.3, 0.4) is 0 Å². The SMILES string of the molecule is Cc1oc(-c2ccccc2)nc1C(=O)Nc1cccc(NC(=O)OCC(C)C)c1. The van der Waals surface area contributed by atoms with E-state index in [1.54, 1.807) is 31.2 Å². The third-order valence-corrected chi connectivity index (χ3v) is 3.95. The smallest absolute Gasteiger partial charge is 0.411 e. The standard InChI is InChI=1S/C22H23N3O4/c1-14(2)13-28-22(27)24-18-11-7-10-17(12-18)23-20(26)19-15(3)29-21(25-19)16-8-5-4-6-9-16/h4-12,14H,13H2,1-3H3,(H,23,26)(H,24,27). The molecule has 0 saturated carbocycles. The summed E-state index contributed by atoms with van der Waals surface area (Å²) < 4.78 is 10.7. The number of nitrogens with zero attached hydrogens (tertiary/aromatic N) is 1. The van der Waals surface area contributed by atoms with E-state index < -0.39 is 12.0 Å². The zero-order valence-electron chi connectivity index (χ0n) is 16.6. The maximum atomic E-state index is 12.6. The van der Waals surface area contributed by atoms with Crippen molar-refractivity contribution in [1.82, 2.24) is 4.98 Å². The fourth-order valence-corrected chi connectivity index (χ4v) is 2.57. The van der Waals surface area contributed by atoms with Crippen molar-refractivity contribution in [2.24, 2.45) is 5.92 Å². The number of rotatable bonds is 6. The molecule has 7 nitrogen and oxygen atoms in total. The Morgan fingerprint density at radius 3 is 2.41 bits per heavy atom. The van der Waals surface area contributed by atoms with Crippen LogP contribution in [0.2, 0.25) is 0 Å². The molecule has 0 aliphatic carbocycles. The Kier molecular flexibility index (Phi) is 6.29. The van der Waals surface area contributed by atoms with E-state index in [1.165, 1.54) is 0 Å². The topological polar surface area (TPSA) is 93.5 Å². The lowest BCUT2D eigenvalue weighted by molar-refractivity contribution is 0.102. The second kappa shape index (κ2) is 9.05. The van der Waals surface area contributed by atoms with Gasteiger partial charge in [-0.1, -0.05) is 38.1 Å². The molecule has 0 aliphatic rings. The number of carbonyl (C=O) groups is 2. The van der Waals surface area contributed by atoms with E-state index in [4.69, 9.17) is 9.15 Å². The summed E-state index contributed by atoms with van der Waals surface area (Å²) >= 11 is 0. The van der Waals surface area contributed by atoms with Gasteiger partial charge in [0.1, 0.15) is 5.76 Å². The van der Waals surface area contributed by atoms with Gasteiger partial charge in [0, 0.05) is 16.9 Å². The fraction of sp³-hybridized carbons (Fsp3) is 0.227. The van der Waals surface area contributed by atoms with Crippen molar-refractivity contribution in [3.05, 3.63) is 66.1 Å². The van der Waals surface area contributed by atoms with Crippen molar-refractivity contribution in [2.75, 3.05) is 17.2 Å². The van der Waals surface area contributed by atoms with Gasteiger partial charge in [-0.25, -0.2) is 9.78 Å². The zero-order chi connectivity index (χ0) is 20.8. The second-order valence-corrected chi connectivity index (χ2v) is 6.94. The quantitative estimate of drug-likeness (QED) is 0.607. The molecule has 0 aliphatic heterocycles. The maximum absolute atomic E-state index is 12.6. The summed E-state index contributed by atoms with van der Waals surface area (Å²) in [5.41, 5.74) is 2.03. The molecule has 0 unspecified atom stereocenters. The number of oxazole rings is 1. The first-order valence-corrected chi connectivity index (χ1v) is 9.30. The third kappa shape index (κ3) is 5.44. The highest BCUT2D eigenvalue weighted by Gasteiger charge is 2.18. The molecule has 0 atom stereocenters. The van der Waals surface area contributed by atoms with Crippen LogP contribution in [-0.4, -0.2) is 23.6 Å². The van der Waals surface area contributed by atoms with Gasteiger partial charge in [0.15, 0.2) is 5.69 Å². The minimum Gasteiger partial charge on any atom is -0.449 e. The molecule has 0 saturated heterocycles. The Morgan fingerprint density at radius 2 is 1.72 bits per heavy atom. The van der Waals surface area contributed by atoms with E-state index in [0.29, 0.717) is 29.6 Å². The fourth-order valence-electron chi connectivity index (χ4n) is 2.57. The Balaban J connectivity index is 1.68.